The molecule has 0 aliphatic carbocycles. The van der Waals surface area contributed by atoms with E-state index in [1.165, 1.54) is 12.1 Å². The highest BCUT2D eigenvalue weighted by Gasteiger charge is 2.25. The van der Waals surface area contributed by atoms with Crippen molar-refractivity contribution in [2.75, 3.05) is 6.54 Å². The molecule has 0 spiro atoms. The molecule has 1 aromatic heterocycles. The van der Waals surface area contributed by atoms with E-state index >= 15 is 0 Å². The maximum Gasteiger partial charge on any atom is 0.389 e. The molecule has 0 aromatic carbocycles. The van der Waals surface area contributed by atoms with E-state index in [9.17, 15) is 21.6 Å². The number of nitrogens with two attached hydrogens (primary N) is 1. The summed E-state index contributed by atoms with van der Waals surface area (Å²) in [6.07, 6.45) is -4.49. The van der Waals surface area contributed by atoms with Gasteiger partial charge in [-0.25, -0.2) is 13.6 Å². The molecule has 0 radical (unpaired) electrons. The van der Waals surface area contributed by atoms with Crippen molar-refractivity contribution >= 4 is 10.0 Å². The van der Waals surface area contributed by atoms with Crippen LogP contribution in [0.4, 0.5) is 13.2 Å². The normalized spacial score (nSPS) is 12.8. The van der Waals surface area contributed by atoms with Crippen LogP contribution >= 0.6 is 0 Å². The van der Waals surface area contributed by atoms with Gasteiger partial charge in [-0.2, -0.15) is 13.2 Å². The van der Waals surface area contributed by atoms with Gasteiger partial charge in [-0.1, -0.05) is 0 Å². The van der Waals surface area contributed by atoms with Crippen LogP contribution in [0.5, 0.6) is 0 Å². The van der Waals surface area contributed by atoms with Gasteiger partial charge in [0.05, 0.1) is 6.54 Å². The molecule has 0 aliphatic rings. The fourth-order valence-corrected chi connectivity index (χ4v) is 1.87. The van der Waals surface area contributed by atoms with Gasteiger partial charge in [-0.3, -0.25) is 0 Å². The first kappa shape index (κ1) is 16.0. The van der Waals surface area contributed by atoms with Gasteiger partial charge in [0.25, 0.3) is 10.0 Å². The lowest BCUT2D eigenvalue weighted by Crippen LogP contribution is -2.15. The average Bonchev–Trinajstić information content (AvgIpc) is 2.69. The number of furan rings is 1. The lowest BCUT2D eigenvalue weighted by atomic mass is 10.2. The molecule has 110 valence electrons. The van der Waals surface area contributed by atoms with E-state index in [-0.39, 0.29) is 18.1 Å². The van der Waals surface area contributed by atoms with E-state index in [0.717, 1.165) is 0 Å². The molecular weight excluding hydrogens is 285 g/mol. The fourth-order valence-electron chi connectivity index (χ4n) is 1.39. The Hall–Kier alpha value is -1.06. The summed E-state index contributed by atoms with van der Waals surface area (Å²) < 4.78 is 62.3. The highest BCUT2D eigenvalue weighted by Crippen LogP contribution is 2.21. The van der Waals surface area contributed by atoms with Crippen LogP contribution in [0.2, 0.25) is 0 Å². The van der Waals surface area contributed by atoms with Crippen LogP contribution in [-0.2, 0) is 16.6 Å². The summed E-state index contributed by atoms with van der Waals surface area (Å²) in [6.45, 7) is 0.628. The van der Waals surface area contributed by atoms with Gasteiger partial charge in [0.15, 0.2) is 0 Å². The minimum absolute atomic E-state index is 0.0527. The van der Waals surface area contributed by atoms with Gasteiger partial charge < -0.3 is 9.73 Å². The molecule has 5 nitrogen and oxygen atoms in total. The van der Waals surface area contributed by atoms with E-state index < -0.39 is 22.6 Å². The molecule has 0 fully saturated rings. The molecule has 1 rings (SSSR count). The molecule has 19 heavy (non-hydrogen) atoms. The zero-order valence-electron chi connectivity index (χ0n) is 10.0. The van der Waals surface area contributed by atoms with E-state index in [0.29, 0.717) is 18.7 Å². The zero-order valence-corrected chi connectivity index (χ0v) is 10.9. The van der Waals surface area contributed by atoms with Crippen molar-refractivity contribution in [1.29, 1.82) is 0 Å². The van der Waals surface area contributed by atoms with Gasteiger partial charge in [0.1, 0.15) is 5.76 Å². The fraction of sp³-hybridized carbons (Fsp3) is 0.600. The maximum absolute atomic E-state index is 11.8. The second-order valence-electron chi connectivity index (χ2n) is 4.01. The van der Waals surface area contributed by atoms with Gasteiger partial charge in [0.2, 0.25) is 5.09 Å². The predicted octanol–water partition coefficient (Wildman–Crippen LogP) is 1.75. The van der Waals surface area contributed by atoms with Crippen LogP contribution in [-0.4, -0.2) is 21.1 Å². The summed E-state index contributed by atoms with van der Waals surface area (Å²) >= 11 is 0. The van der Waals surface area contributed by atoms with Crippen molar-refractivity contribution in [2.24, 2.45) is 5.14 Å². The third-order valence-corrected chi connectivity index (χ3v) is 3.06. The van der Waals surface area contributed by atoms with Crippen molar-refractivity contribution in [1.82, 2.24) is 5.32 Å². The van der Waals surface area contributed by atoms with Crippen LogP contribution in [0.3, 0.4) is 0 Å². The van der Waals surface area contributed by atoms with Crippen molar-refractivity contribution < 1.29 is 26.0 Å². The monoisotopic (exact) mass is 300 g/mol. The first-order chi connectivity index (χ1) is 8.68. The molecule has 0 atom stereocenters. The minimum Gasteiger partial charge on any atom is -0.447 e. The molecule has 1 aromatic rings. The Morgan fingerprint density at radius 1 is 1.26 bits per heavy atom. The Kier molecular flexibility index (Phi) is 5.39. The smallest absolute Gasteiger partial charge is 0.389 e. The first-order valence-electron chi connectivity index (χ1n) is 5.57. The summed E-state index contributed by atoms with van der Waals surface area (Å²) in [4.78, 5) is 0. The van der Waals surface area contributed by atoms with Crippen LogP contribution in [0, 0.1) is 0 Å². The standard InChI is InChI=1S/C10H15F3N2O3S/c11-10(12,13)5-1-2-6-15-7-8-3-4-9(18-8)19(14,16)17/h3-4,15H,1-2,5-7H2,(H2,14,16,17). The SMILES string of the molecule is NS(=O)(=O)c1ccc(CNCCCCC(F)(F)F)o1. The molecule has 0 saturated carbocycles. The third kappa shape index (κ3) is 6.60. The second-order valence-corrected chi connectivity index (χ2v) is 5.51. The first-order valence-corrected chi connectivity index (χ1v) is 7.12. The number of rotatable bonds is 7. The molecule has 0 amide bonds. The van der Waals surface area contributed by atoms with Crippen molar-refractivity contribution in [3.8, 4) is 0 Å². The summed E-state index contributed by atoms with van der Waals surface area (Å²) in [6, 6.07) is 2.68. The molecule has 0 unspecified atom stereocenters. The van der Waals surface area contributed by atoms with E-state index in [1.807, 2.05) is 0 Å². The summed E-state index contributed by atoms with van der Waals surface area (Å²) in [5, 5.41) is 7.38. The Balaban J connectivity index is 2.22. The predicted molar refractivity (Wildman–Crippen MR) is 61.7 cm³/mol. The number of hydrogen-bond donors (Lipinski definition) is 2. The zero-order chi connectivity index (χ0) is 14.5. The molecular formula is C10H15F3N2O3S. The lowest BCUT2D eigenvalue weighted by molar-refractivity contribution is -0.135. The van der Waals surface area contributed by atoms with Gasteiger partial charge in [0, 0.05) is 6.42 Å². The van der Waals surface area contributed by atoms with Crippen LogP contribution < -0.4 is 10.5 Å². The number of halogens is 3. The highest BCUT2D eigenvalue weighted by molar-refractivity contribution is 7.89. The number of sulfonamides is 1. The number of hydrogen-bond acceptors (Lipinski definition) is 4. The molecule has 3 N–H and O–H groups in total. The average molecular weight is 300 g/mol. The topological polar surface area (TPSA) is 85.3 Å². The summed E-state index contributed by atoms with van der Waals surface area (Å²) in [7, 11) is -3.86. The third-order valence-electron chi connectivity index (χ3n) is 2.28. The van der Waals surface area contributed by atoms with Crippen LogP contribution in [0.25, 0.3) is 0 Å². The Morgan fingerprint density at radius 3 is 2.47 bits per heavy atom. The number of unbranched alkanes of at least 4 members (excludes halogenated alkanes) is 1. The summed E-state index contributed by atoms with van der Waals surface area (Å²) in [5.74, 6) is 0.361. The Bertz CT molecular complexity index is 496. The largest absolute Gasteiger partial charge is 0.447 e. The Labute approximate surface area is 109 Å². The molecule has 0 saturated heterocycles. The molecule has 0 bridgehead atoms. The Morgan fingerprint density at radius 2 is 1.95 bits per heavy atom. The molecule has 1 heterocycles. The van der Waals surface area contributed by atoms with Gasteiger partial charge in [-0.05, 0) is 31.5 Å². The number of alkyl halides is 3. The minimum atomic E-state index is -4.12. The highest BCUT2D eigenvalue weighted by atomic mass is 32.2. The van der Waals surface area contributed by atoms with Crippen molar-refractivity contribution in [3.05, 3.63) is 17.9 Å². The van der Waals surface area contributed by atoms with E-state index in [2.05, 4.69) is 5.32 Å². The van der Waals surface area contributed by atoms with Gasteiger partial charge >= 0.3 is 6.18 Å². The van der Waals surface area contributed by atoms with E-state index in [1.54, 1.807) is 0 Å². The van der Waals surface area contributed by atoms with Crippen molar-refractivity contribution in [3.63, 3.8) is 0 Å². The quantitative estimate of drug-likeness (QED) is 0.751. The molecule has 9 heteroatoms. The van der Waals surface area contributed by atoms with E-state index in [4.69, 9.17) is 9.56 Å². The number of primary sulfonamides is 1. The maximum atomic E-state index is 11.8. The number of nitrogens with one attached hydrogen (secondary N) is 1. The molecule has 0 aliphatic heterocycles. The second kappa shape index (κ2) is 6.40. The van der Waals surface area contributed by atoms with Crippen LogP contribution in [0.1, 0.15) is 25.0 Å². The lowest BCUT2D eigenvalue weighted by Gasteiger charge is -2.06. The van der Waals surface area contributed by atoms with Gasteiger partial charge in [-0.15, -0.1) is 0 Å². The summed E-state index contributed by atoms with van der Waals surface area (Å²) in [5.41, 5.74) is 0. The van der Waals surface area contributed by atoms with Crippen molar-refractivity contribution in [2.45, 2.75) is 37.1 Å². The van der Waals surface area contributed by atoms with Crippen LogP contribution in [0.15, 0.2) is 21.6 Å².